The number of aromatic nitrogens is 3. The zero-order valence-electron chi connectivity index (χ0n) is 14.4. The van der Waals surface area contributed by atoms with Gasteiger partial charge in [-0.25, -0.2) is 4.39 Å². The van der Waals surface area contributed by atoms with E-state index in [0.717, 1.165) is 10.0 Å². The Balaban J connectivity index is 1.48. The van der Waals surface area contributed by atoms with E-state index < -0.39 is 5.82 Å². The van der Waals surface area contributed by atoms with Crippen LogP contribution in [0, 0.1) is 5.82 Å². The molecular weight excluding hydrogens is 425 g/mol. The van der Waals surface area contributed by atoms with Gasteiger partial charge >= 0.3 is 0 Å². The number of benzene rings is 2. The predicted molar refractivity (Wildman–Crippen MR) is 107 cm³/mol. The SMILES string of the molecule is Fc1cc(/C=C/c2nnc(-c3cccc(Br)c3)o2)ccc1Oc1cccnc1. The molecule has 0 bridgehead atoms. The van der Waals surface area contributed by atoms with Crippen LogP contribution < -0.4 is 4.74 Å². The second-order valence-electron chi connectivity index (χ2n) is 5.77. The van der Waals surface area contributed by atoms with Gasteiger partial charge in [-0.3, -0.25) is 4.98 Å². The quantitative estimate of drug-likeness (QED) is 0.383. The van der Waals surface area contributed by atoms with Crippen molar-refractivity contribution in [3.05, 3.63) is 88.7 Å². The van der Waals surface area contributed by atoms with Crippen LogP contribution >= 0.6 is 15.9 Å². The van der Waals surface area contributed by atoms with Crippen molar-refractivity contribution in [2.45, 2.75) is 0 Å². The lowest BCUT2D eigenvalue weighted by molar-refractivity contribution is 0.440. The van der Waals surface area contributed by atoms with Gasteiger partial charge in [-0.2, -0.15) is 0 Å². The monoisotopic (exact) mass is 437 g/mol. The normalized spacial score (nSPS) is 11.1. The summed E-state index contributed by atoms with van der Waals surface area (Å²) in [6.07, 6.45) is 6.46. The fourth-order valence-corrected chi connectivity index (χ4v) is 2.84. The first-order valence-corrected chi connectivity index (χ1v) is 9.12. The minimum Gasteiger partial charge on any atom is -0.453 e. The molecule has 0 unspecified atom stereocenters. The van der Waals surface area contributed by atoms with Gasteiger partial charge in [-0.15, -0.1) is 10.2 Å². The molecule has 0 spiro atoms. The first-order valence-electron chi connectivity index (χ1n) is 8.32. The van der Waals surface area contributed by atoms with Crippen LogP contribution in [0.2, 0.25) is 0 Å². The molecule has 0 amide bonds. The minimum absolute atomic E-state index is 0.125. The van der Waals surface area contributed by atoms with Gasteiger partial charge in [-0.1, -0.05) is 28.1 Å². The Morgan fingerprint density at radius 2 is 1.93 bits per heavy atom. The number of halogens is 2. The molecule has 0 aliphatic heterocycles. The lowest BCUT2D eigenvalue weighted by Crippen LogP contribution is -1.89. The summed E-state index contributed by atoms with van der Waals surface area (Å²) < 4.78 is 26.3. The maximum Gasteiger partial charge on any atom is 0.248 e. The summed E-state index contributed by atoms with van der Waals surface area (Å²) in [5, 5.41) is 8.02. The van der Waals surface area contributed by atoms with Crippen LogP contribution in [0.5, 0.6) is 11.5 Å². The van der Waals surface area contributed by atoms with E-state index in [-0.39, 0.29) is 5.75 Å². The van der Waals surface area contributed by atoms with Gasteiger partial charge < -0.3 is 9.15 Å². The molecular formula is C21H13BrFN3O2. The molecule has 0 atom stereocenters. The van der Waals surface area contributed by atoms with E-state index in [1.807, 2.05) is 24.3 Å². The summed E-state index contributed by atoms with van der Waals surface area (Å²) in [6.45, 7) is 0. The molecule has 138 valence electrons. The van der Waals surface area contributed by atoms with Crippen LogP contribution in [0.3, 0.4) is 0 Å². The molecule has 0 fully saturated rings. The average molecular weight is 438 g/mol. The second kappa shape index (κ2) is 8.14. The molecule has 2 aromatic carbocycles. The third-order valence-corrected chi connectivity index (χ3v) is 4.24. The van der Waals surface area contributed by atoms with Crippen LogP contribution in [-0.2, 0) is 0 Å². The third kappa shape index (κ3) is 4.32. The Bertz CT molecular complexity index is 1130. The topological polar surface area (TPSA) is 61.0 Å². The lowest BCUT2D eigenvalue weighted by Gasteiger charge is -2.06. The van der Waals surface area contributed by atoms with Crippen molar-refractivity contribution in [3.8, 4) is 23.0 Å². The summed E-state index contributed by atoms with van der Waals surface area (Å²) in [7, 11) is 0. The summed E-state index contributed by atoms with van der Waals surface area (Å²) in [6, 6.07) is 15.6. The van der Waals surface area contributed by atoms with Gasteiger partial charge in [0.1, 0.15) is 5.75 Å². The number of hydrogen-bond acceptors (Lipinski definition) is 5. The Hall–Kier alpha value is -3.32. The molecule has 0 saturated carbocycles. The standard InChI is InChI=1S/C21H13BrFN3O2/c22-16-4-1-3-15(12-16)21-26-25-20(28-21)9-7-14-6-8-19(18(23)11-14)27-17-5-2-10-24-13-17/h1-13H/b9-7+. The van der Waals surface area contributed by atoms with Crippen molar-refractivity contribution >= 4 is 28.1 Å². The maximum absolute atomic E-state index is 14.3. The molecule has 5 nitrogen and oxygen atoms in total. The van der Waals surface area contributed by atoms with E-state index in [4.69, 9.17) is 9.15 Å². The van der Waals surface area contributed by atoms with Crippen LogP contribution in [0.4, 0.5) is 4.39 Å². The molecule has 4 aromatic rings. The highest BCUT2D eigenvalue weighted by atomic mass is 79.9. The lowest BCUT2D eigenvalue weighted by atomic mass is 10.2. The molecule has 4 rings (SSSR count). The molecule has 2 heterocycles. The zero-order valence-corrected chi connectivity index (χ0v) is 16.0. The van der Waals surface area contributed by atoms with Gasteiger partial charge in [0, 0.05) is 22.3 Å². The fourth-order valence-electron chi connectivity index (χ4n) is 2.45. The Morgan fingerprint density at radius 3 is 2.71 bits per heavy atom. The maximum atomic E-state index is 14.3. The number of hydrogen-bond donors (Lipinski definition) is 0. The van der Waals surface area contributed by atoms with Crippen molar-refractivity contribution in [2.24, 2.45) is 0 Å². The molecule has 0 saturated heterocycles. The van der Waals surface area contributed by atoms with E-state index in [1.54, 1.807) is 42.6 Å². The molecule has 0 N–H and O–H groups in total. The van der Waals surface area contributed by atoms with Crippen molar-refractivity contribution in [2.75, 3.05) is 0 Å². The van der Waals surface area contributed by atoms with Gasteiger partial charge in [-0.05, 0) is 54.1 Å². The molecule has 7 heteroatoms. The fraction of sp³-hybridized carbons (Fsp3) is 0. The summed E-state index contributed by atoms with van der Waals surface area (Å²) >= 11 is 3.41. The number of ether oxygens (including phenoxy) is 1. The summed E-state index contributed by atoms with van der Waals surface area (Å²) in [4.78, 5) is 3.94. The van der Waals surface area contributed by atoms with Crippen molar-refractivity contribution in [1.82, 2.24) is 15.2 Å². The number of pyridine rings is 1. The highest BCUT2D eigenvalue weighted by Crippen LogP contribution is 2.26. The van der Waals surface area contributed by atoms with Crippen LogP contribution in [0.25, 0.3) is 23.6 Å². The highest BCUT2D eigenvalue weighted by molar-refractivity contribution is 9.10. The Morgan fingerprint density at radius 1 is 1.00 bits per heavy atom. The van der Waals surface area contributed by atoms with Gasteiger partial charge in [0.05, 0.1) is 6.20 Å². The smallest absolute Gasteiger partial charge is 0.248 e. The zero-order chi connectivity index (χ0) is 19.3. The Labute approximate surface area is 168 Å². The van der Waals surface area contributed by atoms with Crippen LogP contribution in [-0.4, -0.2) is 15.2 Å². The number of rotatable bonds is 5. The van der Waals surface area contributed by atoms with Crippen molar-refractivity contribution in [3.63, 3.8) is 0 Å². The second-order valence-corrected chi connectivity index (χ2v) is 6.69. The van der Waals surface area contributed by atoms with Crippen LogP contribution in [0.15, 0.2) is 75.9 Å². The van der Waals surface area contributed by atoms with Crippen molar-refractivity contribution in [1.29, 1.82) is 0 Å². The Kier molecular flexibility index (Phi) is 5.25. The van der Waals surface area contributed by atoms with E-state index in [2.05, 4.69) is 31.1 Å². The van der Waals surface area contributed by atoms with E-state index in [0.29, 0.717) is 23.1 Å². The largest absolute Gasteiger partial charge is 0.453 e. The molecule has 2 aromatic heterocycles. The first kappa shape index (κ1) is 18.1. The van der Waals surface area contributed by atoms with E-state index in [9.17, 15) is 4.39 Å². The minimum atomic E-state index is -0.480. The molecule has 0 radical (unpaired) electrons. The summed E-state index contributed by atoms with van der Waals surface area (Å²) in [5.74, 6) is 0.847. The average Bonchev–Trinajstić information content (AvgIpc) is 3.18. The first-order chi connectivity index (χ1) is 13.7. The molecule has 0 aliphatic carbocycles. The van der Waals surface area contributed by atoms with Gasteiger partial charge in [0.15, 0.2) is 11.6 Å². The third-order valence-electron chi connectivity index (χ3n) is 3.75. The molecule has 28 heavy (non-hydrogen) atoms. The van der Waals surface area contributed by atoms with Gasteiger partial charge in [0.2, 0.25) is 11.8 Å². The van der Waals surface area contributed by atoms with Crippen molar-refractivity contribution < 1.29 is 13.5 Å². The van der Waals surface area contributed by atoms with E-state index in [1.165, 1.54) is 12.3 Å². The highest BCUT2D eigenvalue weighted by Gasteiger charge is 2.08. The summed E-state index contributed by atoms with van der Waals surface area (Å²) in [5.41, 5.74) is 1.45. The predicted octanol–water partition coefficient (Wildman–Crippen LogP) is 6.00. The van der Waals surface area contributed by atoms with Gasteiger partial charge in [0.25, 0.3) is 0 Å². The number of nitrogens with zero attached hydrogens (tertiary/aromatic N) is 3. The van der Waals surface area contributed by atoms with Crippen LogP contribution in [0.1, 0.15) is 11.5 Å². The van der Waals surface area contributed by atoms with E-state index >= 15 is 0 Å². The molecule has 0 aliphatic rings.